The molecule has 0 fully saturated rings. The molecule has 4 aliphatic heterocycles. The van der Waals surface area contributed by atoms with Gasteiger partial charge in [-0.15, -0.1) is 0 Å². The second kappa shape index (κ2) is 4.94. The van der Waals surface area contributed by atoms with Gasteiger partial charge in [0.15, 0.2) is 11.4 Å². The lowest BCUT2D eigenvalue weighted by Crippen LogP contribution is -2.42. The predicted octanol–water partition coefficient (Wildman–Crippen LogP) is 4.39. The summed E-state index contributed by atoms with van der Waals surface area (Å²) in [6, 6.07) is 8.65. The molecule has 0 aliphatic carbocycles. The molecular weight excluding hydrogens is 300 g/mol. The Hall–Kier alpha value is -2.62. The van der Waals surface area contributed by atoms with Crippen LogP contribution in [0, 0.1) is 0 Å². The zero-order valence-corrected chi connectivity index (χ0v) is 13.5. The number of nitrogens with zero attached hydrogens (tertiary/aromatic N) is 2. The molecule has 2 unspecified atom stereocenters. The van der Waals surface area contributed by atoms with Crippen molar-refractivity contribution in [3.05, 3.63) is 73.5 Å². The van der Waals surface area contributed by atoms with Crippen LogP contribution in [0.3, 0.4) is 0 Å². The molecule has 4 heteroatoms. The van der Waals surface area contributed by atoms with Crippen molar-refractivity contribution < 1.29 is 9.47 Å². The summed E-state index contributed by atoms with van der Waals surface area (Å²) in [4.78, 5) is 4.47. The van der Waals surface area contributed by atoms with Gasteiger partial charge < -0.3 is 19.3 Å². The molecule has 122 valence electrons. The van der Waals surface area contributed by atoms with E-state index in [1.807, 2.05) is 12.5 Å². The molecule has 0 bridgehead atoms. The normalized spacial score (nSPS) is 32.5. The number of benzene rings is 1. The van der Waals surface area contributed by atoms with Crippen LogP contribution >= 0.6 is 0 Å². The van der Waals surface area contributed by atoms with Crippen LogP contribution in [0.2, 0.25) is 0 Å². The Labute approximate surface area is 142 Å². The van der Waals surface area contributed by atoms with E-state index in [-0.39, 0.29) is 11.4 Å². The summed E-state index contributed by atoms with van der Waals surface area (Å²) in [5.41, 5.74) is 1.79. The summed E-state index contributed by atoms with van der Waals surface area (Å²) < 4.78 is 11.8. The van der Waals surface area contributed by atoms with Gasteiger partial charge in [-0.05, 0) is 36.4 Å². The van der Waals surface area contributed by atoms with Crippen LogP contribution in [-0.2, 0) is 9.47 Å². The third kappa shape index (κ3) is 1.86. The van der Waals surface area contributed by atoms with E-state index < -0.39 is 0 Å². The van der Waals surface area contributed by atoms with E-state index in [1.165, 1.54) is 0 Å². The second-order valence-electron chi connectivity index (χ2n) is 6.71. The number of hydrogen-bond donors (Lipinski definition) is 0. The Balaban J connectivity index is 1.42. The van der Waals surface area contributed by atoms with E-state index in [2.05, 4.69) is 70.8 Å². The van der Waals surface area contributed by atoms with Gasteiger partial charge in [0.05, 0.1) is 12.5 Å². The smallest absolute Gasteiger partial charge is 0.192 e. The fourth-order valence-electron chi connectivity index (χ4n) is 4.05. The van der Waals surface area contributed by atoms with Crippen molar-refractivity contribution in [3.8, 4) is 0 Å². The maximum absolute atomic E-state index is 5.91. The molecule has 0 amide bonds. The fourth-order valence-corrected chi connectivity index (χ4v) is 4.05. The fraction of sp³-hybridized carbons (Fsp3) is 0.300. The van der Waals surface area contributed by atoms with Crippen LogP contribution in [0.15, 0.2) is 73.5 Å². The number of ether oxygens (including phenoxy) is 2. The highest BCUT2D eigenvalue weighted by molar-refractivity contribution is 5.62. The van der Waals surface area contributed by atoms with E-state index in [4.69, 9.17) is 9.47 Å². The van der Waals surface area contributed by atoms with Gasteiger partial charge in [-0.25, -0.2) is 0 Å². The topological polar surface area (TPSA) is 24.9 Å². The Bertz CT molecular complexity index is 668. The molecule has 4 aliphatic rings. The Morgan fingerprint density at radius 2 is 1.04 bits per heavy atom. The molecule has 2 atom stereocenters. The maximum atomic E-state index is 5.91. The highest BCUT2D eigenvalue weighted by Crippen LogP contribution is 2.42. The van der Waals surface area contributed by atoms with E-state index >= 15 is 0 Å². The first-order chi connectivity index (χ1) is 11.8. The van der Waals surface area contributed by atoms with Gasteiger partial charge in [-0.2, -0.15) is 0 Å². The van der Waals surface area contributed by atoms with Gasteiger partial charge in [-0.3, -0.25) is 0 Å². The highest BCUT2D eigenvalue weighted by atomic mass is 16.5. The van der Waals surface area contributed by atoms with E-state index in [0.29, 0.717) is 0 Å². The number of anilines is 2. The van der Waals surface area contributed by atoms with Crippen LogP contribution in [0.4, 0.5) is 11.4 Å². The summed E-state index contributed by atoms with van der Waals surface area (Å²) in [6.45, 7) is 0. The maximum Gasteiger partial charge on any atom is 0.192 e. The first-order valence-corrected chi connectivity index (χ1v) is 8.49. The average molecular weight is 320 g/mol. The molecule has 4 nitrogen and oxygen atoms in total. The third-order valence-electron chi connectivity index (χ3n) is 5.31. The minimum Gasteiger partial charge on any atom is -0.475 e. The minimum atomic E-state index is -0.255. The van der Waals surface area contributed by atoms with Crippen LogP contribution < -0.4 is 9.80 Å². The minimum absolute atomic E-state index is 0.255. The largest absolute Gasteiger partial charge is 0.475 e. The SMILES string of the molecule is C1=COC2(C1)CC=CN2c1ccc(N2C=CCC23CC=CO3)cc1. The van der Waals surface area contributed by atoms with Gasteiger partial charge in [-0.1, -0.05) is 12.2 Å². The van der Waals surface area contributed by atoms with Crippen molar-refractivity contribution in [3.63, 3.8) is 0 Å². The molecule has 24 heavy (non-hydrogen) atoms. The van der Waals surface area contributed by atoms with E-state index in [9.17, 15) is 0 Å². The molecule has 1 aromatic rings. The first kappa shape index (κ1) is 13.8. The van der Waals surface area contributed by atoms with Gasteiger partial charge in [0.25, 0.3) is 0 Å². The van der Waals surface area contributed by atoms with Gasteiger partial charge in [0, 0.05) is 49.5 Å². The molecule has 0 saturated carbocycles. The van der Waals surface area contributed by atoms with E-state index in [1.54, 1.807) is 0 Å². The molecule has 0 N–H and O–H groups in total. The first-order valence-electron chi connectivity index (χ1n) is 8.49. The molecule has 1 aromatic carbocycles. The molecule has 0 radical (unpaired) electrons. The lowest BCUT2D eigenvalue weighted by Gasteiger charge is -2.37. The Morgan fingerprint density at radius 1 is 0.625 bits per heavy atom. The number of rotatable bonds is 2. The van der Waals surface area contributed by atoms with Crippen LogP contribution in [0.1, 0.15) is 25.7 Å². The third-order valence-corrected chi connectivity index (χ3v) is 5.31. The number of hydrogen-bond acceptors (Lipinski definition) is 4. The zero-order chi connectivity index (χ0) is 16.0. The highest BCUT2D eigenvalue weighted by Gasteiger charge is 2.43. The summed E-state index contributed by atoms with van der Waals surface area (Å²) >= 11 is 0. The molecule has 0 saturated heterocycles. The van der Waals surface area contributed by atoms with Crippen LogP contribution in [-0.4, -0.2) is 11.4 Å². The van der Waals surface area contributed by atoms with Crippen molar-refractivity contribution in [2.75, 3.05) is 9.80 Å². The summed E-state index contributed by atoms with van der Waals surface area (Å²) in [6.07, 6.45) is 20.1. The zero-order valence-electron chi connectivity index (χ0n) is 13.5. The van der Waals surface area contributed by atoms with Crippen molar-refractivity contribution in [2.24, 2.45) is 0 Å². The monoisotopic (exact) mass is 320 g/mol. The van der Waals surface area contributed by atoms with Crippen LogP contribution in [0.5, 0.6) is 0 Å². The standard InChI is InChI=1S/C20H20N2O2/c1-9-19(11-3-15-23-19)21(13-1)17-5-7-18(8-6-17)22-14-2-10-20(22)12-4-16-24-20/h1-8,13-16H,9-12H2. The van der Waals surface area contributed by atoms with Crippen molar-refractivity contribution in [1.82, 2.24) is 0 Å². The quantitative estimate of drug-likeness (QED) is 0.806. The summed E-state index contributed by atoms with van der Waals surface area (Å²) in [5, 5.41) is 0. The lowest BCUT2D eigenvalue weighted by molar-refractivity contribution is 0.0590. The summed E-state index contributed by atoms with van der Waals surface area (Å²) in [5.74, 6) is 0. The molecule has 5 rings (SSSR count). The average Bonchev–Trinajstić information content (AvgIpc) is 3.40. The van der Waals surface area contributed by atoms with E-state index in [0.717, 1.165) is 37.1 Å². The predicted molar refractivity (Wildman–Crippen MR) is 94.1 cm³/mol. The molecule has 0 aromatic heterocycles. The van der Waals surface area contributed by atoms with Crippen molar-refractivity contribution >= 4 is 11.4 Å². The van der Waals surface area contributed by atoms with Crippen molar-refractivity contribution in [1.29, 1.82) is 0 Å². The van der Waals surface area contributed by atoms with Gasteiger partial charge in [0.2, 0.25) is 0 Å². The molecular formula is C20H20N2O2. The van der Waals surface area contributed by atoms with Crippen molar-refractivity contribution in [2.45, 2.75) is 37.1 Å². The summed E-state index contributed by atoms with van der Waals surface area (Å²) in [7, 11) is 0. The Morgan fingerprint density at radius 3 is 1.42 bits per heavy atom. The van der Waals surface area contributed by atoms with Gasteiger partial charge >= 0.3 is 0 Å². The molecule has 2 spiro atoms. The van der Waals surface area contributed by atoms with Crippen LogP contribution in [0.25, 0.3) is 0 Å². The van der Waals surface area contributed by atoms with Gasteiger partial charge in [0.1, 0.15) is 0 Å². The Kier molecular flexibility index (Phi) is 2.84. The lowest BCUT2D eigenvalue weighted by atomic mass is 10.1. The molecule has 4 heterocycles. The second-order valence-corrected chi connectivity index (χ2v) is 6.71.